The van der Waals surface area contributed by atoms with Crippen molar-refractivity contribution < 1.29 is 14.3 Å². The summed E-state index contributed by atoms with van der Waals surface area (Å²) in [7, 11) is 1.63. The molecular weight excluding hydrogens is 407 g/mol. The number of ether oxygens (including phenoxy) is 1. The van der Waals surface area contributed by atoms with E-state index in [4.69, 9.17) is 16.3 Å². The lowest BCUT2D eigenvalue weighted by Gasteiger charge is -2.28. The number of carbonyl (C=O) groups excluding carboxylic acids is 2. The first-order valence-corrected chi connectivity index (χ1v) is 8.00. The molecule has 21 heavy (non-hydrogen) atoms. The van der Waals surface area contributed by atoms with Crippen molar-refractivity contribution in [2.45, 2.75) is 0 Å². The number of rotatable bonds is 3. The van der Waals surface area contributed by atoms with Gasteiger partial charge in [0.15, 0.2) is 0 Å². The fourth-order valence-corrected chi connectivity index (χ4v) is 3.16. The summed E-state index contributed by atoms with van der Waals surface area (Å²) < 4.78 is 5.98. The van der Waals surface area contributed by atoms with E-state index in [9.17, 15) is 9.59 Å². The van der Waals surface area contributed by atoms with Crippen LogP contribution in [-0.2, 0) is 9.53 Å². The highest BCUT2D eigenvalue weighted by Crippen LogP contribution is 2.19. The second kappa shape index (κ2) is 7.42. The van der Waals surface area contributed by atoms with E-state index in [1.807, 2.05) is 0 Å². The molecule has 114 valence electrons. The van der Waals surface area contributed by atoms with E-state index >= 15 is 0 Å². The molecule has 0 atom stereocenters. The molecule has 1 aliphatic heterocycles. The average molecular weight is 423 g/mol. The minimum absolute atomic E-state index is 0.0573. The van der Waals surface area contributed by atoms with E-state index in [0.717, 1.165) is 3.57 Å². The maximum Gasteiger partial charge on any atom is 0.255 e. The molecule has 0 saturated carbocycles. The summed E-state index contributed by atoms with van der Waals surface area (Å²) in [4.78, 5) is 27.7. The maximum absolute atomic E-state index is 12.4. The van der Waals surface area contributed by atoms with Gasteiger partial charge in [-0.15, -0.1) is 0 Å². The fourth-order valence-electron chi connectivity index (χ4n) is 2.06. The lowest BCUT2D eigenvalue weighted by molar-refractivity contribution is -0.135. The second-order valence-electron chi connectivity index (χ2n) is 4.78. The Labute approximate surface area is 142 Å². The van der Waals surface area contributed by atoms with Gasteiger partial charge in [-0.2, -0.15) is 0 Å². The summed E-state index contributed by atoms with van der Waals surface area (Å²) in [5.74, 6) is -0.240. The van der Waals surface area contributed by atoms with Crippen molar-refractivity contribution in [3.8, 4) is 0 Å². The molecule has 0 unspecified atom stereocenters. The van der Waals surface area contributed by atoms with Gasteiger partial charge in [-0.1, -0.05) is 11.6 Å². The van der Waals surface area contributed by atoms with Gasteiger partial charge in [0, 0.05) is 28.7 Å². The zero-order valence-electron chi connectivity index (χ0n) is 11.6. The lowest BCUT2D eigenvalue weighted by atomic mass is 10.2. The van der Waals surface area contributed by atoms with Crippen LogP contribution in [0.1, 0.15) is 10.4 Å². The van der Waals surface area contributed by atoms with Gasteiger partial charge in [-0.3, -0.25) is 9.59 Å². The monoisotopic (exact) mass is 422 g/mol. The highest BCUT2D eigenvalue weighted by molar-refractivity contribution is 14.1. The first-order chi connectivity index (χ1) is 9.99. The minimum Gasteiger partial charge on any atom is -0.378 e. The van der Waals surface area contributed by atoms with E-state index < -0.39 is 0 Å². The Hall–Kier alpha value is -0.860. The molecular formula is C14H16ClIN2O3. The third-order valence-electron chi connectivity index (χ3n) is 3.24. The highest BCUT2D eigenvalue weighted by Gasteiger charge is 2.22. The third-order valence-corrected chi connectivity index (χ3v) is 4.37. The second-order valence-corrected chi connectivity index (χ2v) is 6.38. The Kier molecular flexibility index (Phi) is 5.83. The first-order valence-electron chi connectivity index (χ1n) is 6.55. The van der Waals surface area contributed by atoms with Gasteiger partial charge >= 0.3 is 0 Å². The van der Waals surface area contributed by atoms with Gasteiger partial charge in [-0.05, 0) is 40.8 Å². The normalized spacial score (nSPS) is 14.9. The van der Waals surface area contributed by atoms with Gasteiger partial charge in [0.25, 0.3) is 5.91 Å². The molecule has 1 aromatic rings. The van der Waals surface area contributed by atoms with Crippen LogP contribution >= 0.6 is 34.2 Å². The van der Waals surface area contributed by atoms with Crippen molar-refractivity contribution in [2.75, 3.05) is 39.9 Å². The van der Waals surface area contributed by atoms with Crippen LogP contribution in [0.25, 0.3) is 0 Å². The molecule has 0 aromatic heterocycles. The Morgan fingerprint density at radius 1 is 1.38 bits per heavy atom. The van der Waals surface area contributed by atoms with Crippen molar-refractivity contribution in [3.05, 3.63) is 32.4 Å². The number of likely N-dealkylation sites (N-methyl/N-ethyl adjacent to an activating group) is 1. The minimum atomic E-state index is -0.183. The largest absolute Gasteiger partial charge is 0.378 e. The van der Waals surface area contributed by atoms with Gasteiger partial charge in [0.05, 0.1) is 25.3 Å². The van der Waals surface area contributed by atoms with Crippen LogP contribution in [0.2, 0.25) is 5.02 Å². The SMILES string of the molecule is CN(CC(=O)N1CCOCC1)C(=O)c1ccc(Cl)cc1I. The van der Waals surface area contributed by atoms with Crippen molar-refractivity contribution >= 4 is 46.0 Å². The summed E-state index contributed by atoms with van der Waals surface area (Å²) in [6.07, 6.45) is 0. The molecule has 1 fully saturated rings. The van der Waals surface area contributed by atoms with Crippen molar-refractivity contribution in [2.24, 2.45) is 0 Å². The Balaban J connectivity index is 2.00. The predicted octanol–water partition coefficient (Wildman–Crippen LogP) is 1.88. The molecule has 2 amide bonds. The van der Waals surface area contributed by atoms with Crippen molar-refractivity contribution in [1.82, 2.24) is 9.80 Å². The van der Waals surface area contributed by atoms with Crippen LogP contribution in [0.3, 0.4) is 0 Å². The zero-order valence-corrected chi connectivity index (χ0v) is 14.6. The molecule has 5 nitrogen and oxygen atoms in total. The molecule has 0 radical (unpaired) electrons. The van der Waals surface area contributed by atoms with E-state index in [-0.39, 0.29) is 18.4 Å². The van der Waals surface area contributed by atoms with E-state index in [0.29, 0.717) is 36.9 Å². The first kappa shape index (κ1) is 16.5. The van der Waals surface area contributed by atoms with Gasteiger partial charge < -0.3 is 14.5 Å². The number of hydrogen-bond acceptors (Lipinski definition) is 3. The Morgan fingerprint density at radius 2 is 2.05 bits per heavy atom. The van der Waals surface area contributed by atoms with Crippen LogP contribution in [0.5, 0.6) is 0 Å². The van der Waals surface area contributed by atoms with Gasteiger partial charge in [0.1, 0.15) is 0 Å². The summed E-state index contributed by atoms with van der Waals surface area (Å²) in [5, 5.41) is 0.586. The van der Waals surface area contributed by atoms with Crippen molar-refractivity contribution in [1.29, 1.82) is 0 Å². The zero-order chi connectivity index (χ0) is 15.4. The number of carbonyl (C=O) groups is 2. The van der Waals surface area contributed by atoms with Crippen LogP contribution in [0.4, 0.5) is 0 Å². The fraction of sp³-hybridized carbons (Fsp3) is 0.429. The number of hydrogen-bond donors (Lipinski definition) is 0. The van der Waals surface area contributed by atoms with Crippen LogP contribution in [0, 0.1) is 3.57 Å². The molecule has 2 rings (SSSR count). The Morgan fingerprint density at radius 3 is 2.67 bits per heavy atom. The summed E-state index contributed by atoms with van der Waals surface area (Å²) >= 11 is 7.95. The molecule has 1 aliphatic rings. The number of halogens is 2. The standard InChI is InChI=1S/C14H16ClIN2O3/c1-17(9-13(19)18-4-6-21-7-5-18)14(20)11-3-2-10(15)8-12(11)16/h2-3,8H,4-7,9H2,1H3. The van der Waals surface area contributed by atoms with E-state index in [2.05, 4.69) is 22.6 Å². The average Bonchev–Trinajstić information content (AvgIpc) is 2.47. The molecule has 1 saturated heterocycles. The molecule has 1 aromatic carbocycles. The lowest BCUT2D eigenvalue weighted by Crippen LogP contribution is -2.46. The third kappa shape index (κ3) is 4.31. The molecule has 0 N–H and O–H groups in total. The number of nitrogens with zero attached hydrogens (tertiary/aromatic N) is 2. The summed E-state index contributed by atoms with van der Waals surface area (Å²) in [6, 6.07) is 5.09. The van der Waals surface area contributed by atoms with Crippen LogP contribution in [0.15, 0.2) is 18.2 Å². The van der Waals surface area contributed by atoms with Crippen LogP contribution in [-0.4, -0.2) is 61.5 Å². The Bertz CT molecular complexity index is 547. The maximum atomic E-state index is 12.4. The predicted molar refractivity (Wildman–Crippen MR) is 88.5 cm³/mol. The molecule has 0 aliphatic carbocycles. The van der Waals surface area contributed by atoms with Gasteiger partial charge in [0.2, 0.25) is 5.91 Å². The van der Waals surface area contributed by atoms with Crippen LogP contribution < -0.4 is 0 Å². The molecule has 0 spiro atoms. The quantitative estimate of drug-likeness (QED) is 0.699. The smallest absolute Gasteiger partial charge is 0.255 e. The topological polar surface area (TPSA) is 49.9 Å². The molecule has 0 bridgehead atoms. The summed E-state index contributed by atoms with van der Waals surface area (Å²) in [6.45, 7) is 2.34. The van der Waals surface area contributed by atoms with Crippen molar-refractivity contribution in [3.63, 3.8) is 0 Å². The highest BCUT2D eigenvalue weighted by atomic mass is 127. The number of benzene rings is 1. The molecule has 7 heteroatoms. The van der Waals surface area contributed by atoms with E-state index in [1.54, 1.807) is 30.1 Å². The van der Waals surface area contributed by atoms with E-state index in [1.165, 1.54) is 4.90 Å². The number of amides is 2. The number of morpholine rings is 1. The molecule has 1 heterocycles. The summed E-state index contributed by atoms with van der Waals surface area (Å²) in [5.41, 5.74) is 0.553. The van der Waals surface area contributed by atoms with Gasteiger partial charge in [-0.25, -0.2) is 0 Å².